The largest absolute Gasteiger partial charge is 0.398 e. The van der Waals surface area contributed by atoms with Crippen molar-refractivity contribution < 1.29 is 8.42 Å². The van der Waals surface area contributed by atoms with Crippen molar-refractivity contribution in [2.45, 2.75) is 6.42 Å². The molecule has 0 unspecified atom stereocenters. The van der Waals surface area contributed by atoms with Crippen LogP contribution >= 0.6 is 0 Å². The number of sulfone groups is 1. The molecular formula is C12H17N3O2S. The van der Waals surface area contributed by atoms with Crippen molar-refractivity contribution in [1.82, 2.24) is 0 Å². The van der Waals surface area contributed by atoms with Crippen LogP contribution in [-0.2, 0) is 16.3 Å². The van der Waals surface area contributed by atoms with E-state index < -0.39 is 9.84 Å². The van der Waals surface area contributed by atoms with Crippen molar-refractivity contribution in [1.29, 1.82) is 5.26 Å². The lowest BCUT2D eigenvalue weighted by atomic mass is 10.1. The van der Waals surface area contributed by atoms with Gasteiger partial charge in [-0.25, -0.2) is 8.42 Å². The van der Waals surface area contributed by atoms with Gasteiger partial charge in [0, 0.05) is 31.2 Å². The summed E-state index contributed by atoms with van der Waals surface area (Å²) in [5.41, 5.74) is 7.96. The monoisotopic (exact) mass is 267 g/mol. The van der Waals surface area contributed by atoms with E-state index in [1.807, 2.05) is 24.1 Å². The maximum atomic E-state index is 11.1. The zero-order chi connectivity index (χ0) is 13.8. The molecule has 2 N–H and O–H groups in total. The Kier molecular flexibility index (Phi) is 4.56. The van der Waals surface area contributed by atoms with Crippen molar-refractivity contribution in [2.75, 3.05) is 36.2 Å². The van der Waals surface area contributed by atoms with Gasteiger partial charge in [0.2, 0.25) is 0 Å². The van der Waals surface area contributed by atoms with Crippen molar-refractivity contribution in [3.8, 4) is 6.07 Å². The molecule has 0 radical (unpaired) electrons. The molecule has 0 aliphatic rings. The van der Waals surface area contributed by atoms with Gasteiger partial charge < -0.3 is 10.6 Å². The molecule has 0 saturated heterocycles. The topological polar surface area (TPSA) is 87.2 Å². The molecule has 6 heteroatoms. The molecule has 0 heterocycles. The van der Waals surface area contributed by atoms with E-state index >= 15 is 0 Å². The minimum atomic E-state index is -2.97. The summed E-state index contributed by atoms with van der Waals surface area (Å²) in [6.45, 7) is 0.411. The highest BCUT2D eigenvalue weighted by Crippen LogP contribution is 2.20. The third-order valence-corrected chi connectivity index (χ3v) is 3.56. The van der Waals surface area contributed by atoms with Crippen LogP contribution in [0.2, 0.25) is 0 Å². The van der Waals surface area contributed by atoms with Crippen LogP contribution in [0.3, 0.4) is 0 Å². The van der Waals surface area contributed by atoms with Gasteiger partial charge in [-0.2, -0.15) is 5.26 Å². The van der Waals surface area contributed by atoms with Crippen molar-refractivity contribution in [3.05, 3.63) is 23.8 Å². The first-order valence-corrected chi connectivity index (χ1v) is 7.54. The van der Waals surface area contributed by atoms with Crippen LogP contribution in [0.25, 0.3) is 0 Å². The van der Waals surface area contributed by atoms with Gasteiger partial charge in [0.15, 0.2) is 0 Å². The van der Waals surface area contributed by atoms with Crippen LogP contribution in [0.4, 0.5) is 11.4 Å². The molecule has 1 aromatic rings. The molecule has 1 aromatic carbocycles. The third-order valence-electron chi connectivity index (χ3n) is 2.63. The molecular weight excluding hydrogens is 250 g/mol. The fourth-order valence-corrected chi connectivity index (χ4v) is 2.11. The SMILES string of the molecule is CN(CCS(C)(=O)=O)c1ccc(N)c(CC#N)c1. The number of hydrogen-bond donors (Lipinski definition) is 1. The minimum absolute atomic E-state index is 0.0987. The Morgan fingerprint density at radius 1 is 1.44 bits per heavy atom. The van der Waals surface area contributed by atoms with Gasteiger partial charge in [-0.15, -0.1) is 0 Å². The molecule has 0 aromatic heterocycles. The summed E-state index contributed by atoms with van der Waals surface area (Å²) in [5.74, 6) is 0.0987. The molecule has 0 aliphatic carbocycles. The number of nitrogen functional groups attached to an aromatic ring is 1. The van der Waals surface area contributed by atoms with Crippen molar-refractivity contribution >= 4 is 21.2 Å². The van der Waals surface area contributed by atoms with E-state index in [1.165, 1.54) is 6.26 Å². The molecule has 0 amide bonds. The standard InChI is InChI=1S/C12H17N3O2S/c1-15(7-8-18(2,16)17)11-3-4-12(14)10(9-11)5-6-13/h3-4,9H,5,7-8,14H2,1-2H3. The molecule has 0 atom stereocenters. The molecule has 18 heavy (non-hydrogen) atoms. The van der Waals surface area contributed by atoms with E-state index in [1.54, 1.807) is 6.07 Å². The number of rotatable bonds is 5. The highest BCUT2D eigenvalue weighted by atomic mass is 32.2. The van der Waals surface area contributed by atoms with E-state index in [2.05, 4.69) is 6.07 Å². The van der Waals surface area contributed by atoms with E-state index in [0.717, 1.165) is 11.3 Å². The van der Waals surface area contributed by atoms with Gasteiger partial charge in [0.05, 0.1) is 18.2 Å². The van der Waals surface area contributed by atoms with Crippen LogP contribution < -0.4 is 10.6 Å². The average Bonchev–Trinajstić information content (AvgIpc) is 2.28. The molecule has 0 spiro atoms. The molecule has 0 fully saturated rings. The van der Waals surface area contributed by atoms with Crippen LogP contribution in [0.15, 0.2) is 18.2 Å². The third kappa shape index (κ3) is 4.26. The van der Waals surface area contributed by atoms with E-state index in [-0.39, 0.29) is 12.2 Å². The van der Waals surface area contributed by atoms with E-state index in [9.17, 15) is 8.42 Å². The van der Waals surface area contributed by atoms with Crippen LogP contribution in [0.1, 0.15) is 5.56 Å². The smallest absolute Gasteiger partial charge is 0.149 e. The molecule has 5 nitrogen and oxygen atoms in total. The lowest BCUT2D eigenvalue weighted by molar-refractivity contribution is 0.601. The van der Waals surface area contributed by atoms with Crippen LogP contribution in [-0.4, -0.2) is 34.0 Å². The number of benzene rings is 1. The molecule has 0 aliphatic heterocycles. The summed E-state index contributed by atoms with van der Waals surface area (Å²) in [6.07, 6.45) is 1.46. The maximum absolute atomic E-state index is 11.1. The van der Waals surface area contributed by atoms with Gasteiger partial charge in [-0.05, 0) is 23.8 Å². The summed E-state index contributed by atoms with van der Waals surface area (Å²) in [5, 5.41) is 8.69. The summed E-state index contributed by atoms with van der Waals surface area (Å²) in [6, 6.07) is 7.43. The van der Waals surface area contributed by atoms with Gasteiger partial charge in [-0.1, -0.05) is 0 Å². The Labute approximate surface area is 108 Å². The van der Waals surface area contributed by atoms with Gasteiger partial charge in [0.1, 0.15) is 9.84 Å². The van der Waals surface area contributed by atoms with Crippen LogP contribution in [0.5, 0.6) is 0 Å². The molecule has 98 valence electrons. The maximum Gasteiger partial charge on any atom is 0.149 e. The predicted octanol–water partition coefficient (Wildman–Crippen LogP) is 0.816. The Morgan fingerprint density at radius 2 is 2.11 bits per heavy atom. The van der Waals surface area contributed by atoms with E-state index in [4.69, 9.17) is 11.0 Å². The van der Waals surface area contributed by atoms with E-state index in [0.29, 0.717) is 12.2 Å². The Hall–Kier alpha value is -1.74. The summed E-state index contributed by atoms with van der Waals surface area (Å²) in [7, 11) is -1.16. The number of nitrogens with zero attached hydrogens (tertiary/aromatic N) is 2. The summed E-state index contributed by atoms with van der Waals surface area (Å²) >= 11 is 0. The average molecular weight is 267 g/mol. The molecule has 1 rings (SSSR count). The first kappa shape index (κ1) is 14.3. The fourth-order valence-electron chi connectivity index (χ4n) is 1.50. The Bertz CT molecular complexity index is 561. The molecule has 0 bridgehead atoms. The second-order valence-corrected chi connectivity index (χ2v) is 6.53. The highest BCUT2D eigenvalue weighted by molar-refractivity contribution is 7.90. The van der Waals surface area contributed by atoms with Gasteiger partial charge in [0.25, 0.3) is 0 Å². The lowest BCUT2D eigenvalue weighted by Gasteiger charge is -2.19. The minimum Gasteiger partial charge on any atom is -0.398 e. The summed E-state index contributed by atoms with van der Waals surface area (Å²) < 4.78 is 22.2. The number of anilines is 2. The summed E-state index contributed by atoms with van der Waals surface area (Å²) in [4.78, 5) is 1.83. The highest BCUT2D eigenvalue weighted by Gasteiger charge is 2.08. The normalized spacial score (nSPS) is 10.9. The number of nitrogens with two attached hydrogens (primary N) is 1. The Balaban J connectivity index is 2.83. The first-order valence-electron chi connectivity index (χ1n) is 5.47. The zero-order valence-corrected chi connectivity index (χ0v) is 11.4. The van der Waals surface area contributed by atoms with Gasteiger partial charge in [-0.3, -0.25) is 0 Å². The second-order valence-electron chi connectivity index (χ2n) is 4.27. The van der Waals surface area contributed by atoms with Gasteiger partial charge >= 0.3 is 0 Å². The predicted molar refractivity (Wildman–Crippen MR) is 73.2 cm³/mol. The van der Waals surface area contributed by atoms with Crippen molar-refractivity contribution in [3.63, 3.8) is 0 Å². The number of hydrogen-bond acceptors (Lipinski definition) is 5. The first-order chi connectivity index (χ1) is 8.33. The number of nitriles is 1. The van der Waals surface area contributed by atoms with Crippen LogP contribution in [0, 0.1) is 11.3 Å². The zero-order valence-electron chi connectivity index (χ0n) is 10.5. The lowest BCUT2D eigenvalue weighted by Crippen LogP contribution is -2.24. The fraction of sp³-hybridized carbons (Fsp3) is 0.417. The molecule has 0 saturated carbocycles. The Morgan fingerprint density at radius 3 is 2.67 bits per heavy atom. The second kappa shape index (κ2) is 5.74. The van der Waals surface area contributed by atoms with Crippen molar-refractivity contribution in [2.24, 2.45) is 0 Å². The quantitative estimate of drug-likeness (QED) is 0.798.